The Morgan fingerprint density at radius 3 is 2.57 bits per heavy atom. The fraction of sp³-hybridized carbons (Fsp3) is 0.700. The molecule has 0 radical (unpaired) electrons. The lowest BCUT2D eigenvalue weighted by Crippen LogP contribution is -2.15. The minimum Gasteiger partial charge on any atom is -0.466 e. The van der Waals surface area contributed by atoms with Crippen molar-refractivity contribution < 1.29 is 14.6 Å². The van der Waals surface area contributed by atoms with Crippen molar-refractivity contribution in [2.75, 3.05) is 12.9 Å². The second kappa shape index (κ2) is 6.90. The van der Waals surface area contributed by atoms with E-state index in [1.807, 2.05) is 13.0 Å². The predicted octanol–water partition coefficient (Wildman–Crippen LogP) is 1.61. The molecule has 0 aromatic rings. The molecule has 4 heteroatoms. The lowest BCUT2D eigenvalue weighted by Gasteiger charge is -2.12. The van der Waals surface area contributed by atoms with Gasteiger partial charge in [-0.25, -0.2) is 4.79 Å². The first-order valence-electron chi connectivity index (χ1n) is 4.53. The van der Waals surface area contributed by atoms with E-state index in [0.29, 0.717) is 11.3 Å². The van der Waals surface area contributed by atoms with Crippen LogP contribution < -0.4 is 0 Å². The summed E-state index contributed by atoms with van der Waals surface area (Å²) in [6, 6.07) is 0. The van der Waals surface area contributed by atoms with Gasteiger partial charge in [-0.1, -0.05) is 13.0 Å². The Kier molecular flexibility index (Phi) is 6.66. The summed E-state index contributed by atoms with van der Waals surface area (Å²) in [5.74, 6) is 0.419. The maximum atomic E-state index is 11.0. The van der Waals surface area contributed by atoms with Crippen LogP contribution in [0.4, 0.5) is 0 Å². The second-order valence-corrected chi connectivity index (χ2v) is 4.57. The molecule has 0 rings (SSSR count). The topological polar surface area (TPSA) is 46.5 Å². The molecule has 0 spiro atoms. The van der Waals surface area contributed by atoms with Crippen LogP contribution in [0.15, 0.2) is 11.6 Å². The van der Waals surface area contributed by atoms with E-state index in [1.54, 1.807) is 25.6 Å². The van der Waals surface area contributed by atoms with Crippen molar-refractivity contribution in [3.05, 3.63) is 11.6 Å². The number of esters is 1. The van der Waals surface area contributed by atoms with Gasteiger partial charge in [-0.2, -0.15) is 11.8 Å². The molecule has 82 valence electrons. The number of carbonyl (C=O) groups is 1. The Bertz CT molecular complexity index is 211. The molecule has 3 nitrogen and oxygen atoms in total. The molecule has 0 aromatic carbocycles. The highest BCUT2D eigenvalue weighted by molar-refractivity contribution is 8.00. The van der Waals surface area contributed by atoms with Gasteiger partial charge in [0.1, 0.15) is 0 Å². The predicted molar refractivity (Wildman–Crippen MR) is 59.4 cm³/mol. The summed E-state index contributed by atoms with van der Waals surface area (Å²) in [5.41, 5.74) is 0.609. The Balaban J connectivity index is 3.87. The highest BCUT2D eigenvalue weighted by Gasteiger charge is 2.08. The Morgan fingerprint density at radius 1 is 1.57 bits per heavy atom. The molecule has 1 N–H and O–H groups in total. The molecule has 0 amide bonds. The summed E-state index contributed by atoms with van der Waals surface area (Å²) >= 11 is 1.61. The lowest BCUT2D eigenvalue weighted by atomic mass is 10.3. The third-order valence-electron chi connectivity index (χ3n) is 1.94. The van der Waals surface area contributed by atoms with Crippen LogP contribution in [0.2, 0.25) is 0 Å². The fourth-order valence-corrected chi connectivity index (χ4v) is 1.64. The van der Waals surface area contributed by atoms with Gasteiger partial charge < -0.3 is 9.84 Å². The second-order valence-electron chi connectivity index (χ2n) is 3.16. The first-order valence-corrected chi connectivity index (χ1v) is 5.58. The van der Waals surface area contributed by atoms with Crippen molar-refractivity contribution in [1.82, 2.24) is 0 Å². The minimum atomic E-state index is -0.327. The first kappa shape index (κ1) is 13.5. The maximum Gasteiger partial charge on any atom is 0.333 e. The number of hydrogen-bond acceptors (Lipinski definition) is 4. The molecule has 0 heterocycles. The highest BCUT2D eigenvalue weighted by atomic mass is 32.2. The normalized spacial score (nSPS) is 16.2. The SMILES string of the molecule is COC(=O)C(C)=CCSC(C)C(C)O. The Morgan fingerprint density at radius 2 is 2.14 bits per heavy atom. The van der Waals surface area contributed by atoms with Crippen LogP contribution in [0.5, 0.6) is 0 Å². The van der Waals surface area contributed by atoms with Crippen molar-refractivity contribution in [3.8, 4) is 0 Å². The largest absolute Gasteiger partial charge is 0.466 e. The van der Waals surface area contributed by atoms with Crippen molar-refractivity contribution in [2.45, 2.75) is 32.1 Å². The van der Waals surface area contributed by atoms with Gasteiger partial charge in [0.15, 0.2) is 0 Å². The number of rotatable bonds is 5. The van der Waals surface area contributed by atoms with Crippen LogP contribution in [0, 0.1) is 0 Å². The van der Waals surface area contributed by atoms with E-state index >= 15 is 0 Å². The quantitative estimate of drug-likeness (QED) is 0.562. The minimum absolute atomic E-state index is 0.177. The molecule has 0 saturated heterocycles. The van der Waals surface area contributed by atoms with Crippen LogP contribution in [-0.4, -0.2) is 35.3 Å². The summed E-state index contributed by atoms with van der Waals surface area (Å²) in [6.07, 6.45) is 1.49. The van der Waals surface area contributed by atoms with E-state index in [-0.39, 0.29) is 17.3 Å². The van der Waals surface area contributed by atoms with Gasteiger partial charge in [-0.3, -0.25) is 0 Å². The third-order valence-corrected chi connectivity index (χ3v) is 3.21. The average Bonchev–Trinajstić information content (AvgIpc) is 2.15. The fourth-order valence-electron chi connectivity index (χ4n) is 0.708. The monoisotopic (exact) mass is 218 g/mol. The van der Waals surface area contributed by atoms with Crippen molar-refractivity contribution in [2.24, 2.45) is 0 Å². The molecule has 0 aliphatic rings. The van der Waals surface area contributed by atoms with E-state index in [0.717, 1.165) is 0 Å². The summed E-state index contributed by atoms with van der Waals surface area (Å²) in [6.45, 7) is 5.44. The number of aliphatic hydroxyl groups is 1. The number of methoxy groups -OCH3 is 1. The van der Waals surface area contributed by atoms with Gasteiger partial charge in [0, 0.05) is 16.6 Å². The smallest absolute Gasteiger partial charge is 0.333 e. The maximum absolute atomic E-state index is 11.0. The molecule has 0 saturated carbocycles. The van der Waals surface area contributed by atoms with Gasteiger partial charge in [-0.05, 0) is 13.8 Å². The molecule has 2 atom stereocenters. The molecule has 0 fully saturated rings. The van der Waals surface area contributed by atoms with E-state index in [4.69, 9.17) is 0 Å². The zero-order valence-electron chi connectivity index (χ0n) is 9.11. The Hall–Kier alpha value is -0.480. The number of aliphatic hydroxyl groups excluding tert-OH is 1. The third kappa shape index (κ3) is 5.29. The van der Waals surface area contributed by atoms with Gasteiger partial charge in [0.25, 0.3) is 0 Å². The number of ether oxygens (including phenoxy) is 1. The summed E-state index contributed by atoms with van der Waals surface area (Å²) < 4.78 is 4.55. The van der Waals surface area contributed by atoms with Crippen molar-refractivity contribution >= 4 is 17.7 Å². The summed E-state index contributed by atoms with van der Waals surface area (Å²) in [5, 5.41) is 9.39. The van der Waals surface area contributed by atoms with E-state index in [1.165, 1.54) is 7.11 Å². The molecule has 0 aromatic heterocycles. The zero-order chi connectivity index (χ0) is 11.1. The Labute approximate surface area is 89.5 Å². The summed E-state index contributed by atoms with van der Waals surface area (Å²) in [4.78, 5) is 11.0. The average molecular weight is 218 g/mol. The van der Waals surface area contributed by atoms with Crippen LogP contribution in [0.25, 0.3) is 0 Å². The number of thioether (sulfide) groups is 1. The van der Waals surface area contributed by atoms with Crippen molar-refractivity contribution in [1.29, 1.82) is 0 Å². The summed E-state index contributed by atoms with van der Waals surface area (Å²) in [7, 11) is 1.37. The molecule has 2 unspecified atom stereocenters. The molecule has 14 heavy (non-hydrogen) atoms. The number of hydrogen-bond donors (Lipinski definition) is 1. The van der Waals surface area contributed by atoms with Gasteiger partial charge in [0.2, 0.25) is 0 Å². The molecule has 0 aliphatic carbocycles. The van der Waals surface area contributed by atoms with Crippen LogP contribution in [0.1, 0.15) is 20.8 Å². The van der Waals surface area contributed by atoms with Crippen LogP contribution in [0.3, 0.4) is 0 Å². The lowest BCUT2D eigenvalue weighted by molar-refractivity contribution is -0.136. The van der Waals surface area contributed by atoms with Crippen LogP contribution in [-0.2, 0) is 9.53 Å². The molecular formula is C10H18O3S. The molecule has 0 aliphatic heterocycles. The van der Waals surface area contributed by atoms with Gasteiger partial charge >= 0.3 is 5.97 Å². The molecular weight excluding hydrogens is 200 g/mol. The first-order chi connectivity index (χ1) is 6.49. The molecule has 0 bridgehead atoms. The van der Waals surface area contributed by atoms with Crippen LogP contribution >= 0.6 is 11.8 Å². The van der Waals surface area contributed by atoms with E-state index in [2.05, 4.69) is 4.74 Å². The zero-order valence-corrected chi connectivity index (χ0v) is 9.93. The van der Waals surface area contributed by atoms with Crippen molar-refractivity contribution in [3.63, 3.8) is 0 Å². The van der Waals surface area contributed by atoms with E-state index < -0.39 is 0 Å². The number of carbonyl (C=O) groups excluding carboxylic acids is 1. The standard InChI is InChI=1S/C10H18O3S/c1-7(10(12)13-4)5-6-14-9(3)8(2)11/h5,8-9,11H,6H2,1-4H3. The highest BCUT2D eigenvalue weighted by Crippen LogP contribution is 2.14. The van der Waals surface area contributed by atoms with Gasteiger partial charge in [-0.15, -0.1) is 0 Å². The van der Waals surface area contributed by atoms with Gasteiger partial charge in [0.05, 0.1) is 13.2 Å². The van der Waals surface area contributed by atoms with E-state index in [9.17, 15) is 9.90 Å².